The summed E-state index contributed by atoms with van der Waals surface area (Å²) in [6.45, 7) is 6.89. The minimum atomic E-state index is 0.167. The molecule has 0 heterocycles. The van der Waals surface area contributed by atoms with E-state index in [1.165, 1.54) is 83.5 Å². The molecule has 0 aliphatic heterocycles. The summed E-state index contributed by atoms with van der Waals surface area (Å²) in [7, 11) is 0. The lowest BCUT2D eigenvalue weighted by atomic mass is 9.67. The second kappa shape index (κ2) is 7.73. The Morgan fingerprint density at radius 2 is 1.60 bits per heavy atom. The lowest BCUT2D eigenvalue weighted by Gasteiger charge is -2.35. The predicted molar refractivity (Wildman–Crippen MR) is 131 cm³/mol. The summed E-state index contributed by atoms with van der Waals surface area (Å²) in [4.78, 5) is 0. The minimum Gasteiger partial charge on any atom is -0.0827 e. The molecule has 0 saturated carbocycles. The normalized spacial score (nSPS) is 18.6. The summed E-state index contributed by atoms with van der Waals surface area (Å²) in [6, 6.07) is 16.3. The highest BCUT2D eigenvalue weighted by Gasteiger charge is 2.45. The molecule has 0 radical (unpaired) electrons. The Morgan fingerprint density at radius 3 is 2.43 bits per heavy atom. The molecule has 0 fully saturated rings. The van der Waals surface area contributed by atoms with Gasteiger partial charge in [-0.15, -0.1) is 0 Å². The molecule has 1 unspecified atom stereocenters. The van der Waals surface area contributed by atoms with Gasteiger partial charge in [0.1, 0.15) is 0 Å². The van der Waals surface area contributed by atoms with E-state index in [-0.39, 0.29) is 5.41 Å². The molecule has 0 heteroatoms. The average Bonchev–Trinajstić information content (AvgIpc) is 3.04. The van der Waals surface area contributed by atoms with Crippen molar-refractivity contribution in [3.8, 4) is 11.1 Å². The molecule has 0 amide bonds. The number of allylic oxidation sites excluding steroid dienone is 1. The minimum absolute atomic E-state index is 0.167. The zero-order valence-corrected chi connectivity index (χ0v) is 18.9. The highest BCUT2D eigenvalue weighted by molar-refractivity contribution is 6.05. The van der Waals surface area contributed by atoms with Crippen LogP contribution in [-0.2, 0) is 5.41 Å². The van der Waals surface area contributed by atoms with Gasteiger partial charge in [-0.05, 0) is 76.4 Å². The number of hydrogen-bond donors (Lipinski definition) is 0. The second-order valence-corrected chi connectivity index (χ2v) is 9.59. The first-order valence-corrected chi connectivity index (χ1v) is 12.0. The third-order valence-electron chi connectivity index (χ3n) is 7.69. The topological polar surface area (TPSA) is 0 Å². The smallest absolute Gasteiger partial charge is 0.0256 e. The average molecular weight is 395 g/mol. The Kier molecular flexibility index (Phi) is 5.05. The van der Waals surface area contributed by atoms with Crippen molar-refractivity contribution in [1.29, 1.82) is 0 Å². The Morgan fingerprint density at radius 1 is 0.833 bits per heavy atom. The molecule has 2 aliphatic rings. The standard InChI is InChI=1S/C30H34/c1-4-5-6-7-8-11-18-30-19-12-15-24-21(2)16-17-26(29(24)30)28-25-14-10-9-13-23(25)22(3)20-27(28)30/h9-10,12-17,20H,4-8,11,18-19H2,1-3H3. The van der Waals surface area contributed by atoms with Crippen LogP contribution in [0.15, 0.2) is 48.5 Å². The Hall–Kier alpha value is -2.34. The third kappa shape index (κ3) is 2.88. The van der Waals surface area contributed by atoms with Gasteiger partial charge in [0.2, 0.25) is 0 Å². The van der Waals surface area contributed by atoms with Crippen LogP contribution in [0.3, 0.4) is 0 Å². The quantitative estimate of drug-likeness (QED) is 0.351. The molecular weight excluding hydrogens is 360 g/mol. The van der Waals surface area contributed by atoms with Gasteiger partial charge < -0.3 is 0 Å². The van der Waals surface area contributed by atoms with Crippen molar-refractivity contribution in [1.82, 2.24) is 0 Å². The van der Waals surface area contributed by atoms with Crippen LogP contribution in [-0.4, -0.2) is 0 Å². The number of unbranched alkanes of at least 4 members (excludes halogenated alkanes) is 5. The van der Waals surface area contributed by atoms with E-state index >= 15 is 0 Å². The fraction of sp³-hybridized carbons (Fsp3) is 0.400. The number of rotatable bonds is 7. The summed E-state index contributed by atoms with van der Waals surface area (Å²) in [5, 5.41) is 2.85. The maximum Gasteiger partial charge on any atom is 0.0256 e. The number of fused-ring (bicyclic) bond motifs is 5. The molecule has 0 N–H and O–H groups in total. The van der Waals surface area contributed by atoms with E-state index in [1.54, 1.807) is 11.1 Å². The second-order valence-electron chi connectivity index (χ2n) is 9.59. The molecule has 0 spiro atoms. The van der Waals surface area contributed by atoms with Crippen LogP contribution in [0, 0.1) is 13.8 Å². The molecule has 0 saturated heterocycles. The van der Waals surface area contributed by atoms with Crippen LogP contribution in [0.25, 0.3) is 28.0 Å². The van der Waals surface area contributed by atoms with Crippen LogP contribution in [0.5, 0.6) is 0 Å². The van der Waals surface area contributed by atoms with E-state index in [9.17, 15) is 0 Å². The highest BCUT2D eigenvalue weighted by atomic mass is 14.5. The Bertz CT molecular complexity index is 1130. The summed E-state index contributed by atoms with van der Waals surface area (Å²) >= 11 is 0. The predicted octanol–water partition coefficient (Wildman–Crippen LogP) is 8.89. The van der Waals surface area contributed by atoms with Crippen molar-refractivity contribution >= 4 is 16.8 Å². The SMILES string of the molecule is CCCCCCCCC12CC=Cc3c(C)ccc(c31)-c1c2cc(C)c2ccccc12. The van der Waals surface area contributed by atoms with Crippen molar-refractivity contribution in [3.63, 3.8) is 0 Å². The molecule has 3 aromatic carbocycles. The van der Waals surface area contributed by atoms with Crippen molar-refractivity contribution in [3.05, 3.63) is 76.4 Å². The van der Waals surface area contributed by atoms with E-state index < -0.39 is 0 Å². The van der Waals surface area contributed by atoms with E-state index in [0.29, 0.717) is 0 Å². The van der Waals surface area contributed by atoms with Crippen molar-refractivity contribution in [2.24, 2.45) is 0 Å². The zero-order chi connectivity index (χ0) is 20.7. The number of benzene rings is 3. The molecule has 5 rings (SSSR count). The van der Waals surface area contributed by atoms with Gasteiger partial charge in [0.15, 0.2) is 0 Å². The largest absolute Gasteiger partial charge is 0.0827 e. The molecule has 0 nitrogen and oxygen atoms in total. The lowest BCUT2D eigenvalue weighted by molar-refractivity contribution is 0.447. The third-order valence-corrected chi connectivity index (χ3v) is 7.69. The molecule has 1 atom stereocenters. The summed E-state index contributed by atoms with van der Waals surface area (Å²) in [5.41, 5.74) is 10.7. The Labute approximate surface area is 182 Å². The fourth-order valence-electron chi connectivity index (χ4n) is 6.18. The zero-order valence-electron chi connectivity index (χ0n) is 18.9. The van der Waals surface area contributed by atoms with Crippen molar-refractivity contribution in [2.75, 3.05) is 0 Å². The summed E-state index contributed by atoms with van der Waals surface area (Å²) in [5.74, 6) is 0. The van der Waals surface area contributed by atoms with E-state index in [2.05, 4.69) is 75.4 Å². The van der Waals surface area contributed by atoms with Crippen LogP contribution in [0.2, 0.25) is 0 Å². The number of aryl methyl sites for hydroxylation is 2. The van der Waals surface area contributed by atoms with Gasteiger partial charge in [0, 0.05) is 5.41 Å². The van der Waals surface area contributed by atoms with Crippen LogP contribution >= 0.6 is 0 Å². The summed E-state index contributed by atoms with van der Waals surface area (Å²) < 4.78 is 0. The molecule has 3 aromatic rings. The van der Waals surface area contributed by atoms with Gasteiger partial charge in [0.25, 0.3) is 0 Å². The fourth-order valence-corrected chi connectivity index (χ4v) is 6.18. The van der Waals surface area contributed by atoms with Crippen LogP contribution < -0.4 is 0 Å². The maximum absolute atomic E-state index is 2.53. The van der Waals surface area contributed by atoms with Gasteiger partial charge in [0.05, 0.1) is 0 Å². The van der Waals surface area contributed by atoms with Gasteiger partial charge in [-0.2, -0.15) is 0 Å². The van der Waals surface area contributed by atoms with Gasteiger partial charge in [-0.3, -0.25) is 0 Å². The molecular formula is C30H34. The van der Waals surface area contributed by atoms with Gasteiger partial charge in [-0.1, -0.05) is 100 Å². The van der Waals surface area contributed by atoms with Gasteiger partial charge >= 0.3 is 0 Å². The van der Waals surface area contributed by atoms with E-state index in [4.69, 9.17) is 0 Å². The monoisotopic (exact) mass is 394 g/mol. The van der Waals surface area contributed by atoms with E-state index in [0.717, 1.165) is 6.42 Å². The molecule has 0 bridgehead atoms. The summed E-state index contributed by atoms with van der Waals surface area (Å²) in [6.07, 6.45) is 15.5. The lowest BCUT2D eigenvalue weighted by Crippen LogP contribution is -2.27. The van der Waals surface area contributed by atoms with Crippen molar-refractivity contribution in [2.45, 2.75) is 77.6 Å². The first-order valence-electron chi connectivity index (χ1n) is 12.0. The van der Waals surface area contributed by atoms with Gasteiger partial charge in [-0.25, -0.2) is 0 Å². The highest BCUT2D eigenvalue weighted by Crippen LogP contribution is 2.59. The molecule has 30 heavy (non-hydrogen) atoms. The molecule has 154 valence electrons. The maximum atomic E-state index is 2.53. The van der Waals surface area contributed by atoms with E-state index in [1.807, 2.05) is 0 Å². The first kappa shape index (κ1) is 19.6. The first-order chi connectivity index (χ1) is 14.7. The van der Waals surface area contributed by atoms with Crippen LogP contribution in [0.1, 0.15) is 86.1 Å². The van der Waals surface area contributed by atoms with Crippen LogP contribution in [0.4, 0.5) is 0 Å². The number of hydrogen-bond acceptors (Lipinski definition) is 0. The molecule has 0 aromatic heterocycles. The Balaban J connectivity index is 1.66. The molecule has 2 aliphatic carbocycles. The van der Waals surface area contributed by atoms with Crippen molar-refractivity contribution < 1.29 is 0 Å².